The number of hydrogen-bond acceptors (Lipinski definition) is 4. The maximum Gasteiger partial charge on any atom is 0.262 e. The van der Waals surface area contributed by atoms with Crippen LogP contribution in [0.15, 0.2) is 46.6 Å². The highest BCUT2D eigenvalue weighted by Gasteiger charge is 2.15. The molecule has 2 heterocycles. The van der Waals surface area contributed by atoms with Crippen molar-refractivity contribution >= 4 is 22.9 Å². The molecule has 0 radical (unpaired) electrons. The van der Waals surface area contributed by atoms with Gasteiger partial charge < -0.3 is 10.1 Å². The van der Waals surface area contributed by atoms with Crippen LogP contribution >= 0.6 is 22.9 Å². The first-order valence-corrected chi connectivity index (χ1v) is 7.50. The average molecular weight is 319 g/mol. The Morgan fingerprint density at radius 1 is 1.24 bits per heavy atom. The Kier molecular flexibility index (Phi) is 3.77. The van der Waals surface area contributed by atoms with Gasteiger partial charge in [0.15, 0.2) is 0 Å². The smallest absolute Gasteiger partial charge is 0.262 e. The largest absolute Gasteiger partial charge is 0.493 e. The maximum atomic E-state index is 12.2. The number of nitrogens with one attached hydrogen (secondary N) is 1. The molecule has 0 atom stereocenters. The molecule has 21 heavy (non-hydrogen) atoms. The molecule has 3 rings (SSSR count). The van der Waals surface area contributed by atoms with E-state index in [1.165, 1.54) is 0 Å². The predicted octanol–water partition coefficient (Wildman–Crippen LogP) is 3.45. The minimum absolute atomic E-state index is 0.0931. The summed E-state index contributed by atoms with van der Waals surface area (Å²) in [6.07, 6.45) is 0.475. The van der Waals surface area contributed by atoms with Crippen LogP contribution in [0.2, 0.25) is 5.02 Å². The van der Waals surface area contributed by atoms with Crippen LogP contribution in [0.3, 0.4) is 0 Å². The van der Waals surface area contributed by atoms with Crippen LogP contribution in [0, 0.1) is 0 Å². The molecule has 6 heteroatoms. The molecule has 0 aliphatic carbocycles. The summed E-state index contributed by atoms with van der Waals surface area (Å²) in [5, 5.41) is 12.4. The van der Waals surface area contributed by atoms with Gasteiger partial charge in [0.2, 0.25) is 5.88 Å². The molecule has 0 amide bonds. The van der Waals surface area contributed by atoms with Crippen molar-refractivity contribution < 1.29 is 5.11 Å². The van der Waals surface area contributed by atoms with Crippen molar-refractivity contribution in [3.63, 3.8) is 0 Å². The van der Waals surface area contributed by atoms with Crippen LogP contribution in [-0.2, 0) is 6.42 Å². The molecule has 0 aliphatic heterocycles. The van der Waals surface area contributed by atoms with Crippen LogP contribution in [-0.4, -0.2) is 15.1 Å². The van der Waals surface area contributed by atoms with Crippen molar-refractivity contribution in [2.45, 2.75) is 6.42 Å². The SMILES string of the molecule is O=c1[nH]c(Cc2cccs2)nc(O)c1-c1ccccc1Cl. The van der Waals surface area contributed by atoms with Gasteiger partial charge in [0, 0.05) is 21.9 Å². The summed E-state index contributed by atoms with van der Waals surface area (Å²) in [5.74, 6) is 0.120. The number of nitrogens with zero attached hydrogens (tertiary/aromatic N) is 1. The first-order valence-electron chi connectivity index (χ1n) is 6.24. The number of hydrogen-bond donors (Lipinski definition) is 2. The van der Waals surface area contributed by atoms with Crippen LogP contribution in [0.4, 0.5) is 0 Å². The Balaban J connectivity index is 2.05. The van der Waals surface area contributed by atoms with E-state index in [0.717, 1.165) is 4.88 Å². The fraction of sp³-hybridized carbons (Fsp3) is 0.0667. The van der Waals surface area contributed by atoms with Gasteiger partial charge in [0.05, 0.1) is 0 Å². The lowest BCUT2D eigenvalue weighted by atomic mass is 10.1. The van der Waals surface area contributed by atoms with E-state index < -0.39 is 5.56 Å². The van der Waals surface area contributed by atoms with E-state index in [2.05, 4.69) is 9.97 Å². The molecule has 0 fully saturated rings. The standard InChI is InChI=1S/C15H11ClN2O2S/c16-11-6-2-1-5-10(11)13-14(19)17-12(18-15(13)20)8-9-4-3-7-21-9/h1-7H,8H2,(H2,17,18,19,20). The van der Waals surface area contributed by atoms with E-state index >= 15 is 0 Å². The Bertz CT molecular complexity index is 828. The van der Waals surface area contributed by atoms with Crippen LogP contribution < -0.4 is 5.56 Å². The Morgan fingerprint density at radius 3 is 2.71 bits per heavy atom. The zero-order valence-electron chi connectivity index (χ0n) is 10.8. The summed E-state index contributed by atoms with van der Waals surface area (Å²) in [6.45, 7) is 0. The number of rotatable bonds is 3. The molecule has 3 aromatic rings. The van der Waals surface area contributed by atoms with Gasteiger partial charge in [-0.2, -0.15) is 4.98 Å². The number of aromatic nitrogens is 2. The third-order valence-corrected chi connectivity index (χ3v) is 4.22. The fourth-order valence-electron chi connectivity index (χ4n) is 2.08. The highest BCUT2D eigenvalue weighted by atomic mass is 35.5. The van der Waals surface area contributed by atoms with Gasteiger partial charge in [-0.15, -0.1) is 11.3 Å². The minimum atomic E-state index is -0.401. The molecule has 1 aromatic carbocycles. The average Bonchev–Trinajstić information content (AvgIpc) is 2.93. The summed E-state index contributed by atoms with van der Waals surface area (Å²) >= 11 is 7.64. The molecular formula is C15H11ClN2O2S. The van der Waals surface area contributed by atoms with E-state index in [4.69, 9.17) is 11.6 Å². The van der Waals surface area contributed by atoms with Crippen molar-refractivity contribution in [2.75, 3.05) is 0 Å². The lowest BCUT2D eigenvalue weighted by molar-refractivity contribution is 0.450. The Labute approximate surface area is 129 Å². The van der Waals surface area contributed by atoms with Crippen molar-refractivity contribution in [1.29, 1.82) is 0 Å². The molecule has 4 nitrogen and oxygen atoms in total. The summed E-state index contributed by atoms with van der Waals surface area (Å²) in [7, 11) is 0. The van der Waals surface area contributed by atoms with Crippen molar-refractivity contribution in [2.24, 2.45) is 0 Å². The molecule has 0 bridgehead atoms. The Hall–Kier alpha value is -2.11. The van der Waals surface area contributed by atoms with Gasteiger partial charge in [0.25, 0.3) is 5.56 Å². The van der Waals surface area contributed by atoms with Crippen molar-refractivity contribution in [1.82, 2.24) is 9.97 Å². The van der Waals surface area contributed by atoms with E-state index in [1.54, 1.807) is 35.6 Å². The monoisotopic (exact) mass is 318 g/mol. The molecule has 2 N–H and O–H groups in total. The Morgan fingerprint density at radius 2 is 2.05 bits per heavy atom. The quantitative estimate of drug-likeness (QED) is 0.777. The second-order valence-electron chi connectivity index (χ2n) is 4.45. The zero-order chi connectivity index (χ0) is 14.8. The molecule has 0 unspecified atom stereocenters. The number of halogens is 1. The van der Waals surface area contributed by atoms with Crippen LogP contribution in [0.25, 0.3) is 11.1 Å². The van der Waals surface area contributed by atoms with Crippen molar-refractivity contribution in [3.05, 3.63) is 67.9 Å². The number of benzene rings is 1. The normalized spacial score (nSPS) is 10.7. The van der Waals surface area contributed by atoms with Gasteiger partial charge >= 0.3 is 0 Å². The molecule has 0 spiro atoms. The number of thiophene rings is 1. The molecular weight excluding hydrogens is 308 g/mol. The number of aromatic amines is 1. The zero-order valence-corrected chi connectivity index (χ0v) is 12.4. The second-order valence-corrected chi connectivity index (χ2v) is 5.89. The van der Waals surface area contributed by atoms with Crippen LogP contribution in [0.1, 0.15) is 10.7 Å². The molecule has 0 aliphatic rings. The summed E-state index contributed by atoms with van der Waals surface area (Å²) in [6, 6.07) is 10.7. The van der Waals surface area contributed by atoms with Crippen LogP contribution in [0.5, 0.6) is 5.88 Å². The van der Waals surface area contributed by atoms with Gasteiger partial charge in [-0.1, -0.05) is 35.9 Å². The lowest BCUT2D eigenvalue weighted by Crippen LogP contribution is -2.14. The highest BCUT2D eigenvalue weighted by molar-refractivity contribution is 7.09. The van der Waals surface area contributed by atoms with E-state index in [0.29, 0.717) is 22.8 Å². The van der Waals surface area contributed by atoms with Crippen molar-refractivity contribution in [3.8, 4) is 17.0 Å². The predicted molar refractivity (Wildman–Crippen MR) is 84.1 cm³/mol. The third-order valence-electron chi connectivity index (χ3n) is 3.01. The molecule has 106 valence electrons. The first-order chi connectivity index (χ1) is 10.1. The second kappa shape index (κ2) is 5.71. The minimum Gasteiger partial charge on any atom is -0.493 e. The lowest BCUT2D eigenvalue weighted by Gasteiger charge is -2.07. The maximum absolute atomic E-state index is 12.2. The third kappa shape index (κ3) is 2.84. The highest BCUT2D eigenvalue weighted by Crippen LogP contribution is 2.30. The molecule has 2 aromatic heterocycles. The van der Waals surface area contributed by atoms with E-state index in [-0.39, 0.29) is 11.4 Å². The van der Waals surface area contributed by atoms with Gasteiger partial charge in [-0.25, -0.2) is 0 Å². The summed E-state index contributed by atoms with van der Waals surface area (Å²) in [5.41, 5.74) is 0.158. The van der Waals surface area contributed by atoms with Gasteiger partial charge in [-0.3, -0.25) is 4.79 Å². The number of aromatic hydroxyl groups is 1. The fourth-order valence-corrected chi connectivity index (χ4v) is 3.01. The topological polar surface area (TPSA) is 66.0 Å². The van der Waals surface area contributed by atoms with E-state index in [9.17, 15) is 9.90 Å². The number of H-pyrrole nitrogens is 1. The summed E-state index contributed by atoms with van der Waals surface area (Å²) < 4.78 is 0. The molecule has 0 saturated carbocycles. The van der Waals surface area contributed by atoms with E-state index in [1.807, 2.05) is 17.5 Å². The first kappa shape index (κ1) is 13.9. The van der Waals surface area contributed by atoms with Gasteiger partial charge in [-0.05, 0) is 17.5 Å². The summed E-state index contributed by atoms with van der Waals surface area (Å²) in [4.78, 5) is 20.1. The molecule has 0 saturated heterocycles. The van der Waals surface area contributed by atoms with Gasteiger partial charge in [0.1, 0.15) is 11.4 Å².